The van der Waals surface area contributed by atoms with Crippen LogP contribution in [0.5, 0.6) is 11.5 Å². The van der Waals surface area contributed by atoms with Crippen LogP contribution in [0.1, 0.15) is 17.0 Å². The molecule has 0 aliphatic rings. The van der Waals surface area contributed by atoms with Crippen molar-refractivity contribution in [3.05, 3.63) is 66.0 Å². The van der Waals surface area contributed by atoms with Crippen LogP contribution < -0.4 is 4.74 Å². The fourth-order valence-corrected chi connectivity index (χ4v) is 2.64. The van der Waals surface area contributed by atoms with Crippen LogP contribution >= 0.6 is 0 Å². The molecule has 0 aliphatic carbocycles. The first-order valence-corrected chi connectivity index (χ1v) is 7.74. The van der Waals surface area contributed by atoms with Crippen LogP contribution in [0.3, 0.4) is 0 Å². The van der Waals surface area contributed by atoms with Gasteiger partial charge in [0.2, 0.25) is 0 Å². The summed E-state index contributed by atoms with van der Waals surface area (Å²) >= 11 is 0. The summed E-state index contributed by atoms with van der Waals surface area (Å²) in [5.41, 5.74) is 3.49. The van der Waals surface area contributed by atoms with Crippen molar-refractivity contribution in [1.82, 2.24) is 9.97 Å². The van der Waals surface area contributed by atoms with Gasteiger partial charge < -0.3 is 14.8 Å². The topological polar surface area (TPSA) is 81.9 Å². The maximum absolute atomic E-state index is 10.2. The number of hydrogen-bond donors (Lipinski definition) is 2. The molecule has 3 rings (SSSR count). The fraction of sp³-hybridized carbons (Fsp3) is 0.100. The van der Waals surface area contributed by atoms with E-state index in [1.807, 2.05) is 24.3 Å². The quantitative estimate of drug-likeness (QED) is 0.545. The first-order chi connectivity index (χ1) is 12.2. The van der Waals surface area contributed by atoms with E-state index in [0.717, 1.165) is 16.6 Å². The Morgan fingerprint density at radius 2 is 2.20 bits per heavy atom. The monoisotopic (exact) mass is 331 g/mol. The maximum atomic E-state index is 10.2. The number of aromatic amines is 1. The highest BCUT2D eigenvalue weighted by molar-refractivity contribution is 5.90. The second-order valence-corrected chi connectivity index (χ2v) is 5.50. The Bertz CT molecular complexity index is 976. The van der Waals surface area contributed by atoms with Crippen molar-refractivity contribution in [2.24, 2.45) is 0 Å². The number of hydrogen-bond acceptors (Lipinski definition) is 4. The third kappa shape index (κ3) is 3.24. The number of phenolic OH excluding ortho intramolecular Hbond substituents is 1. The Hall–Kier alpha value is -3.52. The molecule has 3 aromatic rings. The highest BCUT2D eigenvalue weighted by Crippen LogP contribution is 2.33. The molecular formula is C20H17N3O2. The second-order valence-electron chi connectivity index (χ2n) is 5.50. The normalized spacial score (nSPS) is 11.3. The van der Waals surface area contributed by atoms with Gasteiger partial charge in [0, 0.05) is 5.56 Å². The van der Waals surface area contributed by atoms with Crippen LogP contribution in [0, 0.1) is 11.3 Å². The van der Waals surface area contributed by atoms with Crippen molar-refractivity contribution >= 4 is 22.7 Å². The SMILES string of the molecule is C=CCc1cc(/C=C(\C#N)c2nc3ccccc3[nH]2)cc(OC)c1O. The number of aromatic hydroxyl groups is 1. The van der Waals surface area contributed by atoms with Crippen molar-refractivity contribution in [2.75, 3.05) is 7.11 Å². The van der Waals surface area contributed by atoms with Crippen LogP contribution in [-0.2, 0) is 6.42 Å². The van der Waals surface area contributed by atoms with Gasteiger partial charge in [-0.25, -0.2) is 4.98 Å². The molecule has 0 saturated carbocycles. The first-order valence-electron chi connectivity index (χ1n) is 7.74. The van der Waals surface area contributed by atoms with E-state index >= 15 is 0 Å². The van der Waals surface area contributed by atoms with E-state index < -0.39 is 0 Å². The Morgan fingerprint density at radius 1 is 1.40 bits per heavy atom. The average molecular weight is 331 g/mol. The predicted octanol–water partition coefficient (Wildman–Crippen LogP) is 4.07. The lowest BCUT2D eigenvalue weighted by atomic mass is 10.0. The third-order valence-electron chi connectivity index (χ3n) is 3.84. The van der Waals surface area contributed by atoms with Crippen LogP contribution in [0.15, 0.2) is 49.1 Å². The molecule has 0 bridgehead atoms. The van der Waals surface area contributed by atoms with Gasteiger partial charge in [-0.1, -0.05) is 18.2 Å². The van der Waals surface area contributed by atoms with Gasteiger partial charge in [0.1, 0.15) is 11.9 Å². The number of rotatable bonds is 5. The summed E-state index contributed by atoms with van der Waals surface area (Å²) in [7, 11) is 1.49. The van der Waals surface area contributed by atoms with Gasteiger partial charge in [-0.3, -0.25) is 0 Å². The van der Waals surface area contributed by atoms with Crippen LogP contribution in [0.2, 0.25) is 0 Å². The molecule has 0 radical (unpaired) electrons. The number of fused-ring (bicyclic) bond motifs is 1. The van der Waals surface area contributed by atoms with Crippen molar-refractivity contribution < 1.29 is 9.84 Å². The molecule has 124 valence electrons. The molecule has 0 fully saturated rings. The highest BCUT2D eigenvalue weighted by atomic mass is 16.5. The molecule has 5 nitrogen and oxygen atoms in total. The van der Waals surface area contributed by atoms with E-state index in [1.165, 1.54) is 7.11 Å². The number of allylic oxidation sites excluding steroid dienone is 2. The van der Waals surface area contributed by atoms with Crippen LogP contribution in [0.25, 0.3) is 22.7 Å². The van der Waals surface area contributed by atoms with E-state index in [0.29, 0.717) is 29.1 Å². The Labute approximate surface area is 145 Å². The zero-order chi connectivity index (χ0) is 17.8. The molecule has 0 saturated heterocycles. The summed E-state index contributed by atoms with van der Waals surface area (Å²) in [4.78, 5) is 7.60. The number of imidazole rings is 1. The standard InChI is InChI=1S/C20H17N3O2/c1-3-6-14-9-13(11-18(25-2)19(14)24)10-15(12-21)20-22-16-7-4-5-8-17(16)23-20/h3-5,7-11,24H,1,6H2,2H3,(H,22,23)/b15-10+. The number of benzene rings is 2. The lowest BCUT2D eigenvalue weighted by Crippen LogP contribution is -1.92. The molecular weight excluding hydrogens is 314 g/mol. The molecule has 2 aromatic carbocycles. The van der Waals surface area contributed by atoms with Gasteiger partial charge in [0.05, 0.1) is 23.7 Å². The summed E-state index contributed by atoms with van der Waals surface area (Å²) in [6, 6.07) is 13.3. The molecule has 0 amide bonds. The van der Waals surface area contributed by atoms with E-state index in [1.54, 1.807) is 24.3 Å². The minimum absolute atomic E-state index is 0.0850. The summed E-state index contributed by atoms with van der Waals surface area (Å²) in [6.07, 6.45) is 3.91. The van der Waals surface area contributed by atoms with E-state index in [9.17, 15) is 10.4 Å². The summed E-state index contributed by atoms with van der Waals surface area (Å²) in [6.45, 7) is 3.70. The number of ether oxygens (including phenoxy) is 1. The number of aromatic nitrogens is 2. The molecule has 0 spiro atoms. The van der Waals surface area contributed by atoms with Crippen molar-refractivity contribution in [3.63, 3.8) is 0 Å². The Morgan fingerprint density at radius 3 is 2.88 bits per heavy atom. The number of nitrogens with one attached hydrogen (secondary N) is 1. The lowest BCUT2D eigenvalue weighted by molar-refractivity contribution is 0.371. The second kappa shape index (κ2) is 6.93. The Kier molecular flexibility index (Phi) is 4.53. The largest absolute Gasteiger partial charge is 0.504 e. The average Bonchev–Trinajstić information content (AvgIpc) is 3.06. The van der Waals surface area contributed by atoms with Crippen molar-refractivity contribution in [2.45, 2.75) is 6.42 Å². The van der Waals surface area contributed by atoms with E-state index in [2.05, 4.69) is 22.6 Å². The maximum Gasteiger partial charge on any atom is 0.161 e. The number of H-pyrrole nitrogens is 1. The molecule has 1 aromatic heterocycles. The first kappa shape index (κ1) is 16.3. The number of nitrogens with zero attached hydrogens (tertiary/aromatic N) is 2. The minimum Gasteiger partial charge on any atom is -0.504 e. The molecule has 0 aliphatic heterocycles. The van der Waals surface area contributed by atoms with Gasteiger partial charge in [0.25, 0.3) is 0 Å². The molecule has 5 heteroatoms. The number of phenols is 1. The number of methoxy groups -OCH3 is 1. The fourth-order valence-electron chi connectivity index (χ4n) is 2.64. The Balaban J connectivity index is 2.09. The molecule has 2 N–H and O–H groups in total. The molecule has 0 unspecified atom stereocenters. The zero-order valence-electron chi connectivity index (χ0n) is 13.8. The summed E-state index contributed by atoms with van der Waals surface area (Å²) in [5.74, 6) is 0.940. The zero-order valence-corrected chi connectivity index (χ0v) is 13.8. The van der Waals surface area contributed by atoms with E-state index in [4.69, 9.17) is 4.74 Å². The summed E-state index contributed by atoms with van der Waals surface area (Å²) < 4.78 is 5.22. The molecule has 0 atom stereocenters. The number of nitriles is 1. The van der Waals surface area contributed by atoms with Crippen molar-refractivity contribution in [3.8, 4) is 17.6 Å². The predicted molar refractivity (Wildman–Crippen MR) is 98.1 cm³/mol. The minimum atomic E-state index is 0.0850. The summed E-state index contributed by atoms with van der Waals surface area (Å²) in [5, 5.41) is 19.7. The van der Waals surface area contributed by atoms with Gasteiger partial charge in [-0.15, -0.1) is 6.58 Å². The van der Waals surface area contributed by atoms with Gasteiger partial charge >= 0.3 is 0 Å². The molecule has 1 heterocycles. The third-order valence-corrected chi connectivity index (χ3v) is 3.84. The molecule has 25 heavy (non-hydrogen) atoms. The number of para-hydroxylation sites is 2. The van der Waals surface area contributed by atoms with Crippen molar-refractivity contribution in [1.29, 1.82) is 5.26 Å². The lowest BCUT2D eigenvalue weighted by Gasteiger charge is -2.09. The van der Waals surface area contributed by atoms with Gasteiger partial charge in [-0.2, -0.15) is 5.26 Å². The van der Waals surface area contributed by atoms with Gasteiger partial charge in [0.15, 0.2) is 11.5 Å². The van der Waals surface area contributed by atoms with Gasteiger partial charge in [-0.05, 0) is 42.3 Å². The van der Waals surface area contributed by atoms with Crippen LogP contribution in [-0.4, -0.2) is 22.2 Å². The van der Waals surface area contributed by atoms with Crippen LogP contribution in [0.4, 0.5) is 0 Å². The highest BCUT2D eigenvalue weighted by Gasteiger charge is 2.12. The van der Waals surface area contributed by atoms with E-state index in [-0.39, 0.29) is 5.75 Å². The smallest absolute Gasteiger partial charge is 0.161 e.